The normalized spacial score (nSPS) is 16.1. The standard InChI is InChI=1S/C21H26N4O2S.C20H21F3N4O2S.C19H21FN4O2S/c1-5-24-16(3)21(15(2)22-24)28(26,27)25-14-19(17-10-12-23(4)13-11-17)18-8-6-7-9-20(18)25;1-3-26-12-16(11-24-26)30(28,29)27-13-18(14-6-8-25(2)9-7-14)17-10-15(20(21,22)23)4-5-19(17)27;1-3-23-12-16(11-21-23)27(25,26)24-13-18(14-6-8-22(2)9-7-14)17-10-15(20)4-5-19(17)24/h6-10,14H,5,11-13H2,1-4H3;4-6,10-13H,3,7-9H2,1-2H3;4-6,10-13H,3,7-9H2,1-2H3. The molecule has 0 saturated heterocycles. The van der Waals surface area contributed by atoms with Gasteiger partial charge in [-0.3, -0.25) is 14.0 Å². The van der Waals surface area contributed by atoms with E-state index in [4.69, 9.17) is 0 Å². The van der Waals surface area contributed by atoms with Crippen molar-refractivity contribution in [2.24, 2.45) is 0 Å². The average molecular weight is 1230 g/mol. The van der Waals surface area contributed by atoms with Gasteiger partial charge in [0.15, 0.2) is 0 Å². The Bertz CT molecular complexity index is 4470. The number of aromatic nitrogens is 9. The lowest BCUT2D eigenvalue weighted by molar-refractivity contribution is -0.137. The van der Waals surface area contributed by atoms with Gasteiger partial charge in [0.05, 0.1) is 45.9 Å². The number of aryl methyl sites for hydroxylation is 4. The molecule has 0 atom stereocenters. The summed E-state index contributed by atoms with van der Waals surface area (Å²) < 4.78 is 143. The summed E-state index contributed by atoms with van der Waals surface area (Å²) in [5.41, 5.74) is 7.18. The molecule has 25 heteroatoms. The van der Waals surface area contributed by atoms with Gasteiger partial charge in [0.25, 0.3) is 30.1 Å². The Hall–Kier alpha value is -7.42. The Labute approximate surface area is 492 Å². The Morgan fingerprint density at radius 1 is 0.529 bits per heavy atom. The SMILES string of the molecule is CCn1cc(S(=O)(=O)n2cc(C3=CCN(C)CC3)c3cc(C(F)(F)F)ccc32)cn1.CCn1cc(S(=O)(=O)n2cc(C3=CCN(C)CC3)c3cc(F)ccc32)cn1.CCn1nc(C)c(S(=O)(=O)n2cc(C3=CCN(C)CC3)c3ccccc32)c1C. The van der Waals surface area contributed by atoms with Crippen molar-refractivity contribution >= 4 is 79.5 Å². The minimum Gasteiger partial charge on any atom is -0.302 e. The van der Waals surface area contributed by atoms with Gasteiger partial charge in [-0.2, -0.15) is 28.5 Å². The molecule has 9 aromatic rings. The van der Waals surface area contributed by atoms with Crippen LogP contribution in [0.3, 0.4) is 0 Å². The van der Waals surface area contributed by atoms with Gasteiger partial charge in [0, 0.05) is 123 Å². The molecule has 0 N–H and O–H groups in total. The van der Waals surface area contributed by atoms with E-state index in [0.29, 0.717) is 70.9 Å². The second-order valence-corrected chi connectivity index (χ2v) is 26.9. The number of para-hydroxylation sites is 1. The molecule has 0 amide bonds. The van der Waals surface area contributed by atoms with Gasteiger partial charge in [-0.05, 0) is 134 Å². The predicted molar refractivity (Wildman–Crippen MR) is 322 cm³/mol. The maximum atomic E-state index is 13.9. The highest BCUT2D eigenvalue weighted by atomic mass is 32.2. The van der Waals surface area contributed by atoms with Crippen LogP contribution in [0.25, 0.3) is 49.4 Å². The molecule has 18 nitrogen and oxygen atoms in total. The molecule has 0 aliphatic carbocycles. The first-order valence-corrected chi connectivity index (χ1v) is 32.3. The number of fused-ring (bicyclic) bond motifs is 3. The molecule has 3 aliphatic heterocycles. The number of alkyl halides is 3. The maximum absolute atomic E-state index is 13.9. The first-order valence-electron chi connectivity index (χ1n) is 28.0. The van der Waals surface area contributed by atoms with Crippen LogP contribution in [0.15, 0.2) is 137 Å². The number of hydrogen-bond acceptors (Lipinski definition) is 12. The molecule has 85 heavy (non-hydrogen) atoms. The molecule has 0 spiro atoms. The van der Waals surface area contributed by atoms with Crippen LogP contribution >= 0.6 is 0 Å². The van der Waals surface area contributed by atoms with Gasteiger partial charge in [-0.15, -0.1) is 0 Å². The Morgan fingerprint density at radius 2 is 0.965 bits per heavy atom. The Balaban J connectivity index is 0.000000142. The highest BCUT2D eigenvalue weighted by molar-refractivity contribution is 7.90. The van der Waals surface area contributed by atoms with Crippen molar-refractivity contribution < 1.29 is 42.8 Å². The molecular weight excluding hydrogens is 1160 g/mol. The van der Waals surface area contributed by atoms with Gasteiger partial charge < -0.3 is 14.7 Å². The summed E-state index contributed by atoms with van der Waals surface area (Å²) >= 11 is 0. The zero-order valence-corrected chi connectivity index (χ0v) is 51.0. The quantitative estimate of drug-likeness (QED) is 0.106. The lowest BCUT2D eigenvalue weighted by Gasteiger charge is -2.21. The van der Waals surface area contributed by atoms with E-state index in [-0.39, 0.29) is 26.5 Å². The first kappa shape index (κ1) is 60.7. The Morgan fingerprint density at radius 3 is 1.39 bits per heavy atom. The van der Waals surface area contributed by atoms with Gasteiger partial charge in [0.1, 0.15) is 20.5 Å². The summed E-state index contributed by atoms with van der Waals surface area (Å²) in [5.74, 6) is -0.383. The molecule has 6 aromatic heterocycles. The predicted octanol–water partition coefficient (Wildman–Crippen LogP) is 10.2. The van der Waals surface area contributed by atoms with Crippen LogP contribution < -0.4 is 0 Å². The zero-order valence-electron chi connectivity index (χ0n) is 48.6. The highest BCUT2D eigenvalue weighted by Crippen LogP contribution is 2.39. The third kappa shape index (κ3) is 11.9. The fraction of sp³-hybridized carbons (Fsp3) is 0.350. The van der Waals surface area contributed by atoms with Crippen molar-refractivity contribution in [3.05, 3.63) is 162 Å². The first-order chi connectivity index (χ1) is 40.3. The number of rotatable bonds is 12. The number of benzene rings is 3. The van der Waals surface area contributed by atoms with Crippen molar-refractivity contribution in [3.63, 3.8) is 0 Å². The summed E-state index contributed by atoms with van der Waals surface area (Å²) in [4.78, 5) is 6.93. The fourth-order valence-corrected chi connectivity index (χ4v) is 15.5. The second kappa shape index (κ2) is 23.8. The van der Waals surface area contributed by atoms with Gasteiger partial charge in [0.2, 0.25) is 0 Å². The van der Waals surface area contributed by atoms with Crippen molar-refractivity contribution in [2.45, 2.75) is 94.4 Å². The van der Waals surface area contributed by atoms with E-state index in [1.165, 1.54) is 73.4 Å². The molecule has 0 saturated carbocycles. The number of nitrogens with zero attached hydrogens (tertiary/aromatic N) is 12. The summed E-state index contributed by atoms with van der Waals surface area (Å²) in [7, 11) is -5.51. The number of likely N-dealkylation sites (N-methyl/N-ethyl adjacent to an activating group) is 3. The van der Waals surface area contributed by atoms with Crippen molar-refractivity contribution in [2.75, 3.05) is 60.4 Å². The molecule has 0 unspecified atom stereocenters. The van der Waals surface area contributed by atoms with Crippen LogP contribution in [-0.2, 0) is 55.9 Å². The van der Waals surface area contributed by atoms with Crippen LogP contribution in [0, 0.1) is 19.7 Å². The summed E-state index contributed by atoms with van der Waals surface area (Å²) in [6.07, 6.45) is 14.4. The molecule has 0 fully saturated rings. The van der Waals surface area contributed by atoms with E-state index in [9.17, 15) is 42.8 Å². The summed E-state index contributed by atoms with van der Waals surface area (Å²) in [6.45, 7) is 15.9. The minimum atomic E-state index is -4.52. The topological polar surface area (TPSA) is 180 Å². The number of hydrogen-bond donors (Lipinski definition) is 0. The van der Waals surface area contributed by atoms with E-state index in [0.717, 1.165) is 89.3 Å². The van der Waals surface area contributed by atoms with Gasteiger partial charge in [-0.1, -0.05) is 36.4 Å². The van der Waals surface area contributed by atoms with Crippen LogP contribution in [0.5, 0.6) is 0 Å². The highest BCUT2D eigenvalue weighted by Gasteiger charge is 2.34. The maximum Gasteiger partial charge on any atom is 0.416 e. The molecule has 3 aliphatic rings. The second-order valence-electron chi connectivity index (χ2n) is 21.5. The van der Waals surface area contributed by atoms with E-state index >= 15 is 0 Å². The summed E-state index contributed by atoms with van der Waals surface area (Å²) in [5, 5.41) is 14.4. The summed E-state index contributed by atoms with van der Waals surface area (Å²) in [6, 6.07) is 15.1. The molecular formula is C60H68F4N12O6S3. The molecule has 450 valence electrons. The third-order valence-electron chi connectivity index (χ3n) is 15.9. The minimum absolute atomic E-state index is 0.00921. The smallest absolute Gasteiger partial charge is 0.302 e. The third-order valence-corrected chi connectivity index (χ3v) is 21.1. The zero-order chi connectivity index (χ0) is 60.9. The van der Waals surface area contributed by atoms with E-state index in [1.54, 1.807) is 28.7 Å². The van der Waals surface area contributed by atoms with E-state index < -0.39 is 41.8 Å². The lowest BCUT2D eigenvalue weighted by atomic mass is 9.98. The van der Waals surface area contributed by atoms with Crippen LogP contribution in [-0.4, -0.2) is 142 Å². The van der Waals surface area contributed by atoms with Crippen molar-refractivity contribution in [1.82, 2.24) is 56.0 Å². The molecule has 0 bridgehead atoms. The molecule has 3 aromatic carbocycles. The number of halogens is 4. The van der Waals surface area contributed by atoms with Crippen LogP contribution in [0.1, 0.15) is 73.7 Å². The fourth-order valence-electron chi connectivity index (χ4n) is 11.1. The van der Waals surface area contributed by atoms with Crippen LogP contribution in [0.2, 0.25) is 0 Å². The van der Waals surface area contributed by atoms with Crippen LogP contribution in [0.4, 0.5) is 17.6 Å². The molecule has 9 heterocycles. The molecule has 0 radical (unpaired) electrons. The van der Waals surface area contributed by atoms with Gasteiger partial charge >= 0.3 is 6.18 Å². The average Bonchev–Trinajstić information content (AvgIpc) is 4.50. The van der Waals surface area contributed by atoms with Crippen molar-refractivity contribution in [1.29, 1.82) is 0 Å². The van der Waals surface area contributed by atoms with E-state index in [1.807, 2.05) is 72.1 Å². The molecule has 12 rings (SSSR count). The lowest BCUT2D eigenvalue weighted by Crippen LogP contribution is -2.23. The Kier molecular flexibility index (Phi) is 17.0. The largest absolute Gasteiger partial charge is 0.416 e. The van der Waals surface area contributed by atoms with Gasteiger partial charge in [-0.25, -0.2) is 41.6 Å². The van der Waals surface area contributed by atoms with E-state index in [2.05, 4.69) is 49.2 Å². The van der Waals surface area contributed by atoms with Crippen molar-refractivity contribution in [3.8, 4) is 0 Å². The monoisotopic (exact) mass is 1220 g/mol.